The van der Waals surface area contributed by atoms with E-state index in [-0.39, 0.29) is 11.5 Å². The van der Waals surface area contributed by atoms with Crippen LogP contribution < -0.4 is 11.1 Å². The van der Waals surface area contributed by atoms with Crippen LogP contribution in [0.1, 0.15) is 20.8 Å². The van der Waals surface area contributed by atoms with E-state index in [0.717, 1.165) is 0 Å². The third-order valence-corrected chi connectivity index (χ3v) is 1.37. The van der Waals surface area contributed by atoms with Crippen LogP contribution in [0, 0.1) is 0 Å². The molecule has 0 aliphatic carbocycles. The molecule has 0 heterocycles. The molecule has 1 amide bonds. The lowest BCUT2D eigenvalue weighted by atomic mass is 10.2. The summed E-state index contributed by atoms with van der Waals surface area (Å²) in [6.45, 7) is 6.11. The van der Waals surface area contributed by atoms with Gasteiger partial charge in [0.05, 0.1) is 12.2 Å². The highest BCUT2D eigenvalue weighted by Crippen LogP contribution is 2.06. The zero-order valence-electron chi connectivity index (χ0n) is 8.18. The van der Waals surface area contributed by atoms with Crippen LogP contribution in [0.2, 0.25) is 0 Å². The van der Waals surface area contributed by atoms with Crippen molar-refractivity contribution in [1.29, 1.82) is 0 Å². The fourth-order valence-corrected chi connectivity index (χ4v) is 0.641. The van der Waals surface area contributed by atoms with E-state index >= 15 is 0 Å². The van der Waals surface area contributed by atoms with Gasteiger partial charge in [-0.2, -0.15) is 0 Å². The van der Waals surface area contributed by atoms with E-state index in [4.69, 9.17) is 10.5 Å². The number of rotatable bonds is 4. The number of nitrogens with one attached hydrogen (secondary N) is 1. The Morgan fingerprint density at radius 2 is 2.08 bits per heavy atom. The maximum absolute atomic E-state index is 10.7. The predicted molar refractivity (Wildman–Crippen MR) is 47.7 cm³/mol. The van der Waals surface area contributed by atoms with Crippen molar-refractivity contribution >= 4 is 5.91 Å². The number of likely N-dealkylation sites (N-methyl/N-ethyl adjacent to an activating group) is 1. The molecule has 0 spiro atoms. The summed E-state index contributed by atoms with van der Waals surface area (Å²) >= 11 is 0. The number of ether oxygens (including phenoxy) is 1. The molecule has 0 bridgehead atoms. The second-order valence-electron chi connectivity index (χ2n) is 3.67. The van der Waals surface area contributed by atoms with Gasteiger partial charge in [-0.1, -0.05) is 0 Å². The average molecular weight is 174 g/mol. The number of amides is 1. The van der Waals surface area contributed by atoms with Gasteiger partial charge in [0.15, 0.2) is 0 Å². The van der Waals surface area contributed by atoms with Crippen LogP contribution in [0.3, 0.4) is 0 Å². The first-order valence-electron chi connectivity index (χ1n) is 3.97. The first-order chi connectivity index (χ1) is 5.37. The fraction of sp³-hybridized carbons (Fsp3) is 0.875. The summed E-state index contributed by atoms with van der Waals surface area (Å²) in [4.78, 5) is 10.7. The molecule has 72 valence electrons. The van der Waals surface area contributed by atoms with Crippen molar-refractivity contribution in [3.63, 3.8) is 0 Å². The van der Waals surface area contributed by atoms with E-state index < -0.39 is 6.04 Å². The van der Waals surface area contributed by atoms with Crippen molar-refractivity contribution < 1.29 is 9.53 Å². The molecule has 0 aromatic rings. The lowest BCUT2D eigenvalue weighted by molar-refractivity contribution is -0.122. The van der Waals surface area contributed by atoms with Crippen LogP contribution in [0.25, 0.3) is 0 Å². The highest BCUT2D eigenvalue weighted by Gasteiger charge is 2.17. The fourth-order valence-electron chi connectivity index (χ4n) is 0.641. The quantitative estimate of drug-likeness (QED) is 0.624. The van der Waals surface area contributed by atoms with Gasteiger partial charge in [0.1, 0.15) is 6.04 Å². The van der Waals surface area contributed by atoms with Gasteiger partial charge >= 0.3 is 0 Å². The Kier molecular flexibility index (Phi) is 4.20. The summed E-state index contributed by atoms with van der Waals surface area (Å²) in [6, 6.07) is -0.399. The molecule has 0 aromatic heterocycles. The Labute approximate surface area is 73.5 Å². The van der Waals surface area contributed by atoms with Crippen molar-refractivity contribution in [2.24, 2.45) is 5.73 Å². The molecule has 0 radical (unpaired) electrons. The summed E-state index contributed by atoms with van der Waals surface area (Å²) in [6.07, 6.45) is 0. The molecular formula is C8H18N2O2. The molecule has 0 aromatic carbocycles. The average Bonchev–Trinajstić information content (AvgIpc) is 1.85. The van der Waals surface area contributed by atoms with Crippen LogP contribution in [0.4, 0.5) is 0 Å². The minimum Gasteiger partial charge on any atom is -0.374 e. The van der Waals surface area contributed by atoms with Crippen LogP contribution in [0.5, 0.6) is 0 Å². The van der Waals surface area contributed by atoms with E-state index in [0.29, 0.717) is 6.61 Å². The molecule has 0 saturated carbocycles. The number of hydrogen-bond donors (Lipinski definition) is 2. The molecule has 0 aliphatic rings. The Bertz CT molecular complexity index is 152. The Hall–Kier alpha value is -0.610. The van der Waals surface area contributed by atoms with Gasteiger partial charge in [-0.05, 0) is 27.8 Å². The van der Waals surface area contributed by atoms with Gasteiger partial charge in [-0.3, -0.25) is 4.79 Å². The van der Waals surface area contributed by atoms with Gasteiger partial charge in [0.25, 0.3) is 0 Å². The first-order valence-corrected chi connectivity index (χ1v) is 3.97. The maximum Gasteiger partial charge on any atom is 0.236 e. The molecule has 4 nitrogen and oxygen atoms in total. The standard InChI is InChI=1S/C8H18N2O2/c1-8(2,3)12-5-6(10-4)7(9)11/h6,10H,5H2,1-4H3,(H2,9,11)/t6-/m0/s1. The molecule has 12 heavy (non-hydrogen) atoms. The van der Waals surface area contributed by atoms with E-state index in [1.165, 1.54) is 0 Å². The van der Waals surface area contributed by atoms with Crippen LogP contribution in [-0.2, 0) is 9.53 Å². The summed E-state index contributed by atoms with van der Waals surface area (Å²) in [7, 11) is 1.68. The molecule has 0 unspecified atom stereocenters. The monoisotopic (exact) mass is 174 g/mol. The smallest absolute Gasteiger partial charge is 0.236 e. The normalized spacial score (nSPS) is 14.3. The molecule has 0 rings (SSSR count). The predicted octanol–water partition coefficient (Wildman–Crippen LogP) is -0.125. The number of nitrogens with two attached hydrogens (primary N) is 1. The summed E-state index contributed by atoms with van der Waals surface area (Å²) in [5, 5.41) is 2.77. The van der Waals surface area contributed by atoms with E-state index in [2.05, 4.69) is 5.32 Å². The van der Waals surface area contributed by atoms with Crippen molar-refractivity contribution in [1.82, 2.24) is 5.32 Å². The molecule has 0 saturated heterocycles. The molecule has 3 N–H and O–H groups in total. The minimum absolute atomic E-state index is 0.232. The van der Waals surface area contributed by atoms with Crippen molar-refractivity contribution in [3.8, 4) is 0 Å². The van der Waals surface area contributed by atoms with E-state index in [9.17, 15) is 4.79 Å². The van der Waals surface area contributed by atoms with Crippen molar-refractivity contribution in [2.75, 3.05) is 13.7 Å². The SMILES string of the molecule is CN[C@@H](COC(C)(C)C)C(N)=O. The molecule has 0 aliphatic heterocycles. The number of primary amides is 1. The van der Waals surface area contributed by atoms with Crippen LogP contribution in [-0.4, -0.2) is 31.2 Å². The summed E-state index contributed by atoms with van der Waals surface area (Å²) in [5.41, 5.74) is 4.86. The van der Waals surface area contributed by atoms with Gasteiger partial charge in [-0.15, -0.1) is 0 Å². The zero-order chi connectivity index (χ0) is 9.78. The minimum atomic E-state index is -0.399. The number of carbonyl (C=O) groups is 1. The lowest BCUT2D eigenvalue weighted by Gasteiger charge is -2.22. The van der Waals surface area contributed by atoms with Crippen LogP contribution >= 0.6 is 0 Å². The number of carbonyl (C=O) groups excluding carboxylic acids is 1. The third-order valence-electron chi connectivity index (χ3n) is 1.37. The topological polar surface area (TPSA) is 64.3 Å². The second-order valence-corrected chi connectivity index (χ2v) is 3.67. The van der Waals surface area contributed by atoms with Gasteiger partial charge in [0.2, 0.25) is 5.91 Å². The van der Waals surface area contributed by atoms with E-state index in [1.807, 2.05) is 20.8 Å². The second kappa shape index (κ2) is 4.42. The van der Waals surface area contributed by atoms with Gasteiger partial charge < -0.3 is 15.8 Å². The number of hydrogen-bond acceptors (Lipinski definition) is 3. The first kappa shape index (κ1) is 11.4. The third kappa shape index (κ3) is 5.09. The Balaban J connectivity index is 3.81. The highest BCUT2D eigenvalue weighted by atomic mass is 16.5. The largest absolute Gasteiger partial charge is 0.374 e. The Morgan fingerprint density at radius 3 is 2.33 bits per heavy atom. The Morgan fingerprint density at radius 1 is 1.58 bits per heavy atom. The van der Waals surface area contributed by atoms with Crippen molar-refractivity contribution in [2.45, 2.75) is 32.4 Å². The zero-order valence-corrected chi connectivity index (χ0v) is 8.18. The molecule has 0 fully saturated rings. The molecular weight excluding hydrogens is 156 g/mol. The molecule has 1 atom stereocenters. The molecule has 4 heteroatoms. The summed E-state index contributed by atoms with van der Waals surface area (Å²) in [5.74, 6) is -0.387. The maximum atomic E-state index is 10.7. The van der Waals surface area contributed by atoms with Gasteiger partial charge in [0, 0.05) is 0 Å². The summed E-state index contributed by atoms with van der Waals surface area (Å²) < 4.78 is 5.38. The van der Waals surface area contributed by atoms with Gasteiger partial charge in [-0.25, -0.2) is 0 Å². The van der Waals surface area contributed by atoms with E-state index in [1.54, 1.807) is 7.05 Å². The lowest BCUT2D eigenvalue weighted by Crippen LogP contribution is -2.44. The highest BCUT2D eigenvalue weighted by molar-refractivity contribution is 5.79. The van der Waals surface area contributed by atoms with Crippen molar-refractivity contribution in [3.05, 3.63) is 0 Å². The van der Waals surface area contributed by atoms with Crippen LogP contribution in [0.15, 0.2) is 0 Å².